The number of Topliss-reactive ketones (excluding diaryl/α,β-unsaturated/α-hetero) is 1. The van der Waals surface area contributed by atoms with Crippen molar-refractivity contribution >= 4 is 11.7 Å². The van der Waals surface area contributed by atoms with E-state index < -0.39 is 12.0 Å². The van der Waals surface area contributed by atoms with Crippen molar-refractivity contribution in [3.05, 3.63) is 58.9 Å². The number of hydrogen-bond donors (Lipinski definition) is 2. The maximum Gasteiger partial charge on any atom is 0.257 e. The number of nitrogens with one attached hydrogen (secondary N) is 1. The number of rotatable bonds is 3. The third-order valence-electron chi connectivity index (χ3n) is 4.17. The van der Waals surface area contributed by atoms with E-state index in [0.717, 1.165) is 11.3 Å². The number of methoxy groups -OCH3 is 1. The summed E-state index contributed by atoms with van der Waals surface area (Å²) in [7, 11) is 1.59. The summed E-state index contributed by atoms with van der Waals surface area (Å²) in [5.41, 5.74) is 2.31. The molecule has 0 fully saturated rings. The summed E-state index contributed by atoms with van der Waals surface area (Å²) >= 11 is 0. The molecule has 2 heterocycles. The van der Waals surface area contributed by atoms with E-state index in [0.29, 0.717) is 11.4 Å². The van der Waals surface area contributed by atoms with Gasteiger partial charge in [0.25, 0.3) is 5.91 Å². The summed E-state index contributed by atoms with van der Waals surface area (Å²) in [6.07, 6.45) is -1.26. The molecule has 1 aliphatic rings. The normalized spacial score (nSPS) is 16.8. The number of allylic oxidation sites excluding steroid dienone is 1. The van der Waals surface area contributed by atoms with E-state index in [9.17, 15) is 14.7 Å². The Kier molecular flexibility index (Phi) is 4.37. The lowest BCUT2D eigenvalue weighted by molar-refractivity contribution is -0.114. The van der Waals surface area contributed by atoms with Crippen molar-refractivity contribution in [2.24, 2.45) is 0 Å². The Bertz CT molecular complexity index is 885. The Morgan fingerprint density at radius 1 is 1.20 bits per heavy atom. The topological polar surface area (TPSA) is 88.5 Å². The van der Waals surface area contributed by atoms with Gasteiger partial charge < -0.3 is 15.2 Å². The fraction of sp³-hybridized carbons (Fsp3) is 0.211. The molecule has 1 atom stereocenters. The van der Waals surface area contributed by atoms with Crippen LogP contribution in [-0.2, 0) is 4.79 Å². The van der Waals surface area contributed by atoms with Gasteiger partial charge >= 0.3 is 0 Å². The zero-order chi connectivity index (χ0) is 18.1. The largest absolute Gasteiger partial charge is 0.497 e. The van der Waals surface area contributed by atoms with Gasteiger partial charge in [-0.1, -0.05) is 0 Å². The van der Waals surface area contributed by atoms with Gasteiger partial charge in [-0.15, -0.1) is 0 Å². The number of aromatic nitrogens is 1. The van der Waals surface area contributed by atoms with E-state index in [-0.39, 0.29) is 22.6 Å². The second-order valence-corrected chi connectivity index (χ2v) is 5.81. The van der Waals surface area contributed by atoms with Crippen LogP contribution in [0.2, 0.25) is 0 Å². The van der Waals surface area contributed by atoms with Crippen molar-refractivity contribution in [2.45, 2.75) is 20.0 Å². The highest BCUT2D eigenvalue weighted by Gasteiger charge is 2.30. The highest BCUT2D eigenvalue weighted by Crippen LogP contribution is 2.31. The number of aliphatic hydroxyl groups excluding tert-OH is 1. The zero-order valence-corrected chi connectivity index (χ0v) is 14.2. The minimum atomic E-state index is -1.26. The molecule has 0 aliphatic carbocycles. The lowest BCUT2D eigenvalue weighted by Gasteiger charge is -2.14. The van der Waals surface area contributed by atoms with Crippen LogP contribution in [0, 0.1) is 0 Å². The minimum Gasteiger partial charge on any atom is -0.497 e. The molecule has 0 bridgehead atoms. The molecule has 2 N–H and O–H groups in total. The number of benzene rings is 1. The molecule has 1 aromatic heterocycles. The molecule has 6 nitrogen and oxygen atoms in total. The summed E-state index contributed by atoms with van der Waals surface area (Å²) in [6.45, 7) is 2.95. The molecule has 25 heavy (non-hydrogen) atoms. The van der Waals surface area contributed by atoms with E-state index in [2.05, 4.69) is 10.3 Å². The van der Waals surface area contributed by atoms with Crippen molar-refractivity contribution in [3.8, 4) is 17.0 Å². The highest BCUT2D eigenvalue weighted by molar-refractivity contribution is 6.02. The first-order valence-corrected chi connectivity index (χ1v) is 7.79. The summed E-state index contributed by atoms with van der Waals surface area (Å²) in [6, 6.07) is 10.6. The van der Waals surface area contributed by atoms with E-state index >= 15 is 0 Å². The number of aliphatic hydroxyl groups is 1. The van der Waals surface area contributed by atoms with Crippen LogP contribution in [0.4, 0.5) is 0 Å². The van der Waals surface area contributed by atoms with Gasteiger partial charge in [-0.3, -0.25) is 9.59 Å². The molecule has 1 amide bonds. The molecule has 0 radical (unpaired) electrons. The summed E-state index contributed by atoms with van der Waals surface area (Å²) < 4.78 is 5.14. The summed E-state index contributed by atoms with van der Waals surface area (Å²) in [5, 5.41) is 13.3. The molecule has 128 valence electrons. The molecular formula is C19H18N2O4. The molecule has 1 aliphatic heterocycles. The summed E-state index contributed by atoms with van der Waals surface area (Å²) in [4.78, 5) is 28.7. The van der Waals surface area contributed by atoms with Crippen LogP contribution >= 0.6 is 0 Å². The molecule has 0 saturated carbocycles. The maximum atomic E-state index is 12.3. The second-order valence-electron chi connectivity index (χ2n) is 5.81. The average molecular weight is 338 g/mol. The van der Waals surface area contributed by atoms with Gasteiger partial charge in [-0.05, 0) is 50.2 Å². The first kappa shape index (κ1) is 16.9. The van der Waals surface area contributed by atoms with Crippen LogP contribution in [0.3, 0.4) is 0 Å². The second kappa shape index (κ2) is 6.49. The van der Waals surface area contributed by atoms with Crippen LogP contribution in [-0.4, -0.2) is 28.9 Å². The van der Waals surface area contributed by atoms with Crippen molar-refractivity contribution in [1.82, 2.24) is 10.3 Å². The average Bonchev–Trinajstić information content (AvgIpc) is 2.69. The van der Waals surface area contributed by atoms with Gasteiger partial charge in [0.15, 0.2) is 5.78 Å². The highest BCUT2D eigenvalue weighted by atomic mass is 16.5. The van der Waals surface area contributed by atoms with Crippen LogP contribution in [0.1, 0.15) is 36.0 Å². The SMILES string of the molecule is COc1ccc(-c2ccc3c(n2)C(O)C(C(C)=O)=C(C)NC3=O)cc1. The number of fused-ring (bicyclic) bond motifs is 1. The number of ketones is 1. The smallest absolute Gasteiger partial charge is 0.257 e. The lowest BCUT2D eigenvalue weighted by atomic mass is 9.98. The molecule has 2 aromatic rings. The number of ether oxygens (including phenoxy) is 1. The first-order chi connectivity index (χ1) is 11.9. The van der Waals surface area contributed by atoms with E-state index in [1.165, 1.54) is 6.92 Å². The first-order valence-electron chi connectivity index (χ1n) is 7.79. The Morgan fingerprint density at radius 2 is 1.88 bits per heavy atom. The van der Waals surface area contributed by atoms with Gasteiger partial charge in [0, 0.05) is 16.8 Å². The van der Waals surface area contributed by atoms with E-state index in [1.807, 2.05) is 12.1 Å². The Hall–Kier alpha value is -2.99. The predicted molar refractivity (Wildman–Crippen MR) is 92.0 cm³/mol. The molecular weight excluding hydrogens is 320 g/mol. The fourth-order valence-corrected chi connectivity index (χ4v) is 2.90. The van der Waals surface area contributed by atoms with Crippen molar-refractivity contribution in [1.29, 1.82) is 0 Å². The standard InChI is InChI=1S/C19H18N2O4/c1-10-16(11(2)22)18(23)17-14(19(24)20-10)8-9-15(21-17)12-4-6-13(25-3)7-5-12/h4-9,18,23H,1-3H3,(H,20,24). The van der Waals surface area contributed by atoms with Crippen LogP contribution in [0.15, 0.2) is 47.7 Å². The third-order valence-corrected chi connectivity index (χ3v) is 4.17. The fourth-order valence-electron chi connectivity index (χ4n) is 2.90. The van der Waals surface area contributed by atoms with Crippen molar-refractivity contribution in [3.63, 3.8) is 0 Å². The molecule has 6 heteroatoms. The van der Waals surface area contributed by atoms with Gasteiger partial charge in [-0.2, -0.15) is 0 Å². The molecule has 1 aromatic carbocycles. The van der Waals surface area contributed by atoms with Gasteiger partial charge in [0.1, 0.15) is 11.9 Å². The number of pyridine rings is 1. The van der Waals surface area contributed by atoms with Crippen LogP contribution in [0.25, 0.3) is 11.3 Å². The Labute approximate surface area is 145 Å². The molecule has 3 rings (SSSR count). The minimum absolute atomic E-state index is 0.145. The van der Waals surface area contributed by atoms with E-state index in [4.69, 9.17) is 4.74 Å². The summed E-state index contributed by atoms with van der Waals surface area (Å²) in [5.74, 6) is 0.0155. The lowest BCUT2D eigenvalue weighted by Crippen LogP contribution is -2.22. The number of carbonyl (C=O) groups excluding carboxylic acids is 2. The van der Waals surface area contributed by atoms with Gasteiger partial charge in [-0.25, -0.2) is 4.98 Å². The van der Waals surface area contributed by atoms with Crippen molar-refractivity contribution < 1.29 is 19.4 Å². The predicted octanol–water partition coefficient (Wildman–Crippen LogP) is 2.40. The van der Waals surface area contributed by atoms with Crippen LogP contribution < -0.4 is 10.1 Å². The Morgan fingerprint density at radius 3 is 2.48 bits per heavy atom. The monoisotopic (exact) mass is 338 g/mol. The quantitative estimate of drug-likeness (QED) is 0.897. The van der Waals surface area contributed by atoms with Crippen molar-refractivity contribution in [2.75, 3.05) is 7.11 Å². The maximum absolute atomic E-state index is 12.3. The van der Waals surface area contributed by atoms with Gasteiger partial charge in [0.2, 0.25) is 0 Å². The number of nitrogens with zero attached hydrogens (tertiary/aromatic N) is 1. The molecule has 1 unspecified atom stereocenters. The van der Waals surface area contributed by atoms with Crippen LogP contribution in [0.5, 0.6) is 5.75 Å². The van der Waals surface area contributed by atoms with E-state index in [1.54, 1.807) is 38.3 Å². The molecule has 0 saturated heterocycles. The zero-order valence-electron chi connectivity index (χ0n) is 14.2. The van der Waals surface area contributed by atoms with Gasteiger partial charge in [0.05, 0.1) is 24.1 Å². The Balaban J connectivity index is 2.12. The number of carbonyl (C=O) groups is 2. The molecule has 0 spiro atoms. The number of hydrogen-bond acceptors (Lipinski definition) is 5. The third kappa shape index (κ3) is 3.04. The number of amides is 1.